The summed E-state index contributed by atoms with van der Waals surface area (Å²) in [4.78, 5) is 42.6. The minimum absolute atomic E-state index is 0.0247. The lowest BCUT2D eigenvalue weighted by atomic mass is 10.1. The molecule has 0 aromatic carbocycles. The Kier molecular flexibility index (Phi) is 11.2. The summed E-state index contributed by atoms with van der Waals surface area (Å²) in [6.45, 7) is 12.0. The van der Waals surface area contributed by atoms with Gasteiger partial charge < -0.3 is 15.1 Å². The van der Waals surface area contributed by atoms with Crippen molar-refractivity contribution in [2.45, 2.75) is 20.8 Å². The van der Waals surface area contributed by atoms with Crippen LogP contribution in [-0.2, 0) is 14.4 Å². The van der Waals surface area contributed by atoms with E-state index >= 15 is 0 Å². The molecule has 1 rings (SSSR count). The van der Waals surface area contributed by atoms with Crippen molar-refractivity contribution in [2.75, 3.05) is 78.5 Å². The highest BCUT2D eigenvalue weighted by atomic mass is 16.4. The second-order valence-corrected chi connectivity index (χ2v) is 7.67. The van der Waals surface area contributed by atoms with Gasteiger partial charge in [-0.15, -0.1) is 0 Å². The monoisotopic (exact) mass is 400 g/mol. The van der Waals surface area contributed by atoms with Gasteiger partial charge in [-0.3, -0.25) is 29.1 Å². The maximum Gasteiger partial charge on any atom is 0.317 e. The van der Waals surface area contributed by atoms with E-state index < -0.39 is 11.9 Å². The predicted octanol–water partition coefficient (Wildman–Crippen LogP) is -0.378. The third-order valence-electron chi connectivity index (χ3n) is 5.12. The van der Waals surface area contributed by atoms with Gasteiger partial charge in [0.25, 0.3) is 0 Å². The summed E-state index contributed by atoms with van der Waals surface area (Å²) in [6, 6.07) is 0. The molecule has 2 N–H and O–H groups in total. The van der Waals surface area contributed by atoms with E-state index in [1.54, 1.807) is 0 Å². The number of rotatable bonds is 8. The van der Waals surface area contributed by atoms with Crippen LogP contribution in [0.1, 0.15) is 20.8 Å². The zero-order valence-corrected chi connectivity index (χ0v) is 17.5. The molecule has 0 saturated carbocycles. The van der Waals surface area contributed by atoms with E-state index in [2.05, 4.69) is 16.7 Å². The lowest BCUT2D eigenvalue weighted by Gasteiger charge is -2.33. The molecule has 0 bridgehead atoms. The normalized spacial score (nSPS) is 19.9. The first-order valence-electron chi connectivity index (χ1n) is 10.1. The molecule has 1 heterocycles. The lowest BCUT2D eigenvalue weighted by molar-refractivity contribution is -0.140. The molecule has 0 aromatic rings. The molecule has 0 amide bonds. The Labute approximate surface area is 167 Å². The second-order valence-electron chi connectivity index (χ2n) is 7.67. The summed E-state index contributed by atoms with van der Waals surface area (Å²) >= 11 is 0. The summed E-state index contributed by atoms with van der Waals surface area (Å²) in [5.41, 5.74) is 0. The van der Waals surface area contributed by atoms with E-state index in [9.17, 15) is 19.5 Å². The van der Waals surface area contributed by atoms with Gasteiger partial charge in [-0.25, -0.2) is 0 Å². The minimum Gasteiger partial charge on any atom is -0.480 e. The number of Topliss-reactive ketones (excluding diaryl/α,β-unsaturated/α-hetero) is 1. The number of nitrogens with zero attached hydrogens (tertiary/aromatic N) is 4. The molecule has 9 nitrogen and oxygen atoms in total. The smallest absolute Gasteiger partial charge is 0.317 e. The number of carbonyl (C=O) groups is 3. The molecule has 0 radical (unpaired) electrons. The van der Waals surface area contributed by atoms with Crippen molar-refractivity contribution in [1.82, 2.24) is 19.6 Å². The van der Waals surface area contributed by atoms with Crippen LogP contribution in [0.2, 0.25) is 0 Å². The third kappa shape index (κ3) is 10.1. The number of carboxylic acids is 2. The quantitative estimate of drug-likeness (QED) is 0.564. The first-order chi connectivity index (χ1) is 13.2. The highest BCUT2D eigenvalue weighted by Gasteiger charge is 2.20. The summed E-state index contributed by atoms with van der Waals surface area (Å²) in [7, 11) is 0. The number of hydrogen-bond acceptors (Lipinski definition) is 7. The van der Waals surface area contributed by atoms with Crippen LogP contribution in [0.3, 0.4) is 0 Å². The Balaban J connectivity index is 2.86. The summed E-state index contributed by atoms with van der Waals surface area (Å²) < 4.78 is 0. The third-order valence-corrected chi connectivity index (χ3v) is 5.12. The predicted molar refractivity (Wildman–Crippen MR) is 107 cm³/mol. The zero-order chi connectivity index (χ0) is 21.1. The Morgan fingerprint density at radius 3 is 1.29 bits per heavy atom. The van der Waals surface area contributed by atoms with Gasteiger partial charge in [0.05, 0.1) is 19.6 Å². The first kappa shape index (κ1) is 24.5. The molecule has 0 unspecified atom stereocenters. The van der Waals surface area contributed by atoms with Gasteiger partial charge in [-0.05, 0) is 6.54 Å². The van der Waals surface area contributed by atoms with E-state index in [0.717, 1.165) is 26.2 Å². The topological polar surface area (TPSA) is 105 Å². The first-order valence-corrected chi connectivity index (χ1v) is 10.1. The van der Waals surface area contributed by atoms with E-state index in [-0.39, 0.29) is 24.8 Å². The lowest BCUT2D eigenvalue weighted by Crippen LogP contribution is -2.48. The largest absolute Gasteiger partial charge is 0.480 e. The van der Waals surface area contributed by atoms with Crippen molar-refractivity contribution in [3.63, 3.8) is 0 Å². The molecular formula is C19H36N4O5. The van der Waals surface area contributed by atoms with Gasteiger partial charge in [-0.1, -0.05) is 20.8 Å². The number of carbonyl (C=O) groups excluding carboxylic acids is 1. The molecule has 0 atom stereocenters. The number of hydrogen-bond donors (Lipinski definition) is 2. The molecule has 0 aliphatic carbocycles. The molecule has 1 aliphatic rings. The zero-order valence-electron chi connectivity index (χ0n) is 17.5. The SMILES string of the molecule is CCN1CCN(CC(=O)O)CCN(CC(=O)O)CCN(CC(=O)C(C)C)CC1. The van der Waals surface area contributed by atoms with Crippen LogP contribution in [0.4, 0.5) is 0 Å². The number of aliphatic carboxylic acids is 2. The molecule has 162 valence electrons. The van der Waals surface area contributed by atoms with E-state index in [0.29, 0.717) is 39.3 Å². The van der Waals surface area contributed by atoms with E-state index in [1.807, 2.05) is 23.6 Å². The van der Waals surface area contributed by atoms with Crippen molar-refractivity contribution < 1.29 is 24.6 Å². The molecule has 1 fully saturated rings. The number of ketones is 1. The molecule has 9 heteroatoms. The fraction of sp³-hybridized carbons (Fsp3) is 0.842. The van der Waals surface area contributed by atoms with Gasteiger partial charge in [0.15, 0.2) is 0 Å². The molecule has 0 aromatic heterocycles. The molecule has 1 saturated heterocycles. The number of carboxylic acid groups (broad SMARTS) is 2. The Bertz CT molecular complexity index is 515. The second kappa shape index (κ2) is 12.8. The molecule has 28 heavy (non-hydrogen) atoms. The van der Waals surface area contributed by atoms with Gasteiger partial charge >= 0.3 is 11.9 Å². The van der Waals surface area contributed by atoms with Crippen LogP contribution in [0, 0.1) is 5.92 Å². The van der Waals surface area contributed by atoms with Gasteiger partial charge in [0, 0.05) is 58.3 Å². The Morgan fingerprint density at radius 1 is 0.679 bits per heavy atom. The van der Waals surface area contributed by atoms with Gasteiger partial charge in [0.2, 0.25) is 0 Å². The van der Waals surface area contributed by atoms with E-state index in [1.165, 1.54) is 0 Å². The van der Waals surface area contributed by atoms with Crippen LogP contribution in [0.5, 0.6) is 0 Å². The van der Waals surface area contributed by atoms with Crippen molar-refractivity contribution in [2.24, 2.45) is 5.92 Å². The highest BCUT2D eigenvalue weighted by molar-refractivity contribution is 5.82. The molecule has 1 aliphatic heterocycles. The fourth-order valence-electron chi connectivity index (χ4n) is 3.15. The average Bonchev–Trinajstić information content (AvgIpc) is 2.60. The Hall–Kier alpha value is -1.55. The fourth-order valence-corrected chi connectivity index (χ4v) is 3.15. The van der Waals surface area contributed by atoms with Crippen LogP contribution in [-0.4, -0.2) is 126 Å². The van der Waals surface area contributed by atoms with Crippen molar-refractivity contribution in [3.8, 4) is 0 Å². The van der Waals surface area contributed by atoms with Crippen molar-refractivity contribution >= 4 is 17.7 Å². The molecular weight excluding hydrogens is 364 g/mol. The van der Waals surface area contributed by atoms with Crippen molar-refractivity contribution in [3.05, 3.63) is 0 Å². The van der Waals surface area contributed by atoms with Crippen LogP contribution >= 0.6 is 0 Å². The summed E-state index contributed by atoms with van der Waals surface area (Å²) in [6.07, 6.45) is 0. The average molecular weight is 401 g/mol. The van der Waals surface area contributed by atoms with Gasteiger partial charge in [0.1, 0.15) is 5.78 Å². The van der Waals surface area contributed by atoms with E-state index in [4.69, 9.17) is 5.11 Å². The highest BCUT2D eigenvalue weighted by Crippen LogP contribution is 2.03. The maximum atomic E-state index is 12.2. The van der Waals surface area contributed by atoms with Crippen molar-refractivity contribution in [1.29, 1.82) is 0 Å². The summed E-state index contributed by atoms with van der Waals surface area (Å²) in [5, 5.41) is 18.3. The minimum atomic E-state index is -0.904. The summed E-state index contributed by atoms with van der Waals surface area (Å²) in [5.74, 6) is -1.62. The van der Waals surface area contributed by atoms with Crippen LogP contribution in [0.15, 0.2) is 0 Å². The standard InChI is InChI=1S/C19H36N4O5/c1-4-20-5-7-21(13-17(24)16(2)3)9-10-23(15-19(27)28)12-11-22(8-6-20)14-18(25)26/h16H,4-15H2,1-3H3,(H,25,26)(H,27,28). The Morgan fingerprint density at radius 2 is 1.00 bits per heavy atom. The van der Waals surface area contributed by atoms with Crippen LogP contribution in [0.25, 0.3) is 0 Å². The van der Waals surface area contributed by atoms with Gasteiger partial charge in [-0.2, -0.15) is 0 Å². The molecule has 0 spiro atoms. The maximum absolute atomic E-state index is 12.2. The van der Waals surface area contributed by atoms with Crippen LogP contribution < -0.4 is 0 Å². The number of likely N-dealkylation sites (N-methyl/N-ethyl adjacent to an activating group) is 1.